The first-order valence-electron chi connectivity index (χ1n) is 10.5. The second-order valence-electron chi connectivity index (χ2n) is 8.90. The first-order chi connectivity index (χ1) is 14.2. The van der Waals surface area contributed by atoms with Crippen molar-refractivity contribution in [3.05, 3.63) is 59.3 Å². The van der Waals surface area contributed by atoms with E-state index in [1.807, 2.05) is 64.2 Å². The van der Waals surface area contributed by atoms with Gasteiger partial charge in [0.2, 0.25) is 0 Å². The van der Waals surface area contributed by atoms with Crippen LogP contribution in [0.15, 0.2) is 42.6 Å². The van der Waals surface area contributed by atoms with Crippen LogP contribution in [0.2, 0.25) is 0 Å². The minimum absolute atomic E-state index is 0.0327. The number of aryl methyl sites for hydroxylation is 1. The van der Waals surface area contributed by atoms with Crippen LogP contribution in [0.3, 0.4) is 0 Å². The summed E-state index contributed by atoms with van der Waals surface area (Å²) in [6, 6.07) is 12.0. The van der Waals surface area contributed by atoms with Crippen molar-refractivity contribution >= 4 is 11.9 Å². The molecule has 0 bridgehead atoms. The third kappa shape index (κ3) is 6.03. The summed E-state index contributed by atoms with van der Waals surface area (Å²) in [6.07, 6.45) is 2.96. The Hall–Kier alpha value is -2.44. The van der Waals surface area contributed by atoms with E-state index in [0.717, 1.165) is 29.5 Å². The van der Waals surface area contributed by atoms with Crippen LogP contribution in [0.1, 0.15) is 56.2 Å². The molecule has 2 atom stereocenters. The Bertz CT molecular complexity index is 845. The van der Waals surface area contributed by atoms with Crippen LogP contribution in [0.4, 0.5) is 10.6 Å². The number of aliphatic hydroxyl groups excluding tert-OH is 1. The molecule has 2 heterocycles. The molecule has 0 radical (unpaired) electrons. The fourth-order valence-electron chi connectivity index (χ4n) is 3.66. The van der Waals surface area contributed by atoms with Gasteiger partial charge in [0.15, 0.2) is 0 Å². The Morgan fingerprint density at radius 2 is 2.10 bits per heavy atom. The van der Waals surface area contributed by atoms with E-state index < -0.39 is 11.7 Å². The number of ether oxygens (including phenoxy) is 2. The van der Waals surface area contributed by atoms with E-state index in [4.69, 9.17) is 9.47 Å². The predicted molar refractivity (Wildman–Crippen MR) is 117 cm³/mol. The molecule has 1 aromatic carbocycles. The van der Waals surface area contributed by atoms with Gasteiger partial charge in [-0.15, -0.1) is 0 Å². The lowest BCUT2D eigenvalue weighted by molar-refractivity contribution is -0.0250. The van der Waals surface area contributed by atoms with Crippen molar-refractivity contribution in [1.82, 2.24) is 4.98 Å². The fourth-order valence-corrected chi connectivity index (χ4v) is 3.66. The van der Waals surface area contributed by atoms with Gasteiger partial charge in [-0.3, -0.25) is 4.90 Å². The lowest BCUT2D eigenvalue weighted by atomic mass is 9.90. The molecule has 1 amide bonds. The summed E-state index contributed by atoms with van der Waals surface area (Å²) in [5, 5.41) is 9.39. The molecule has 1 aliphatic rings. The summed E-state index contributed by atoms with van der Waals surface area (Å²) in [5.41, 5.74) is 2.66. The van der Waals surface area contributed by atoms with Crippen molar-refractivity contribution in [2.75, 3.05) is 18.1 Å². The summed E-state index contributed by atoms with van der Waals surface area (Å²) in [7, 11) is 0. The number of aromatic nitrogens is 1. The number of amides is 1. The molecule has 30 heavy (non-hydrogen) atoms. The Labute approximate surface area is 178 Å². The standard InChI is InChI=1S/C24H32N2O4/c1-17-6-5-7-18(12-17)15-26(23(28)30-24(2,3)4)22-9-8-20(14-25-22)19-10-11-29-21(13-19)16-27/h5-9,12,14,19,21,27H,10-11,13,15-16H2,1-4H3/t19-,21-/m0/s1. The maximum Gasteiger partial charge on any atom is 0.416 e. The van der Waals surface area contributed by atoms with Gasteiger partial charge in [-0.2, -0.15) is 0 Å². The van der Waals surface area contributed by atoms with Gasteiger partial charge >= 0.3 is 6.09 Å². The Balaban J connectivity index is 1.82. The van der Waals surface area contributed by atoms with Crippen LogP contribution in [0.25, 0.3) is 0 Å². The zero-order valence-electron chi connectivity index (χ0n) is 18.3. The highest BCUT2D eigenvalue weighted by atomic mass is 16.6. The minimum atomic E-state index is -0.594. The lowest BCUT2D eigenvalue weighted by Crippen LogP contribution is -2.37. The molecule has 0 spiro atoms. The molecule has 3 rings (SSSR count). The number of pyridine rings is 1. The number of nitrogens with zero attached hydrogens (tertiary/aromatic N) is 2. The highest BCUT2D eigenvalue weighted by Crippen LogP contribution is 2.30. The van der Waals surface area contributed by atoms with Crippen LogP contribution in [0, 0.1) is 6.92 Å². The molecule has 162 valence electrons. The van der Waals surface area contributed by atoms with Crippen molar-refractivity contribution in [2.45, 2.75) is 64.7 Å². The smallest absolute Gasteiger partial charge is 0.416 e. The van der Waals surface area contributed by atoms with Gasteiger partial charge < -0.3 is 14.6 Å². The quantitative estimate of drug-likeness (QED) is 0.778. The van der Waals surface area contributed by atoms with Crippen LogP contribution in [0.5, 0.6) is 0 Å². The summed E-state index contributed by atoms with van der Waals surface area (Å²) >= 11 is 0. The van der Waals surface area contributed by atoms with Crippen LogP contribution < -0.4 is 4.90 Å². The van der Waals surface area contributed by atoms with Gasteiger partial charge in [0.25, 0.3) is 0 Å². The number of aliphatic hydroxyl groups is 1. The summed E-state index contributed by atoms with van der Waals surface area (Å²) in [5.74, 6) is 0.851. The second-order valence-corrected chi connectivity index (χ2v) is 8.90. The predicted octanol–water partition coefficient (Wildman–Crippen LogP) is 4.59. The normalized spacial score (nSPS) is 19.4. The molecule has 6 nitrogen and oxygen atoms in total. The zero-order chi connectivity index (χ0) is 21.7. The van der Waals surface area contributed by atoms with Gasteiger partial charge in [-0.05, 0) is 63.6 Å². The molecular formula is C24H32N2O4. The van der Waals surface area contributed by atoms with Gasteiger partial charge in [0, 0.05) is 12.8 Å². The molecule has 1 saturated heterocycles. The van der Waals surface area contributed by atoms with Crippen LogP contribution in [-0.4, -0.2) is 41.1 Å². The number of hydrogen-bond donors (Lipinski definition) is 1. The topological polar surface area (TPSA) is 71.9 Å². The van der Waals surface area contributed by atoms with E-state index in [9.17, 15) is 9.90 Å². The van der Waals surface area contributed by atoms with E-state index in [0.29, 0.717) is 24.9 Å². The Morgan fingerprint density at radius 3 is 2.73 bits per heavy atom. The number of hydrogen-bond acceptors (Lipinski definition) is 5. The number of rotatable bonds is 5. The molecule has 1 aromatic heterocycles. The fraction of sp³-hybridized carbons (Fsp3) is 0.500. The largest absolute Gasteiger partial charge is 0.443 e. The van der Waals surface area contributed by atoms with Crippen molar-refractivity contribution in [3.63, 3.8) is 0 Å². The number of anilines is 1. The maximum atomic E-state index is 12.9. The average Bonchev–Trinajstić information content (AvgIpc) is 2.71. The molecule has 1 aliphatic heterocycles. The monoisotopic (exact) mass is 412 g/mol. The first-order valence-corrected chi connectivity index (χ1v) is 10.5. The van der Waals surface area contributed by atoms with E-state index in [2.05, 4.69) is 11.1 Å². The van der Waals surface area contributed by atoms with E-state index >= 15 is 0 Å². The zero-order valence-corrected chi connectivity index (χ0v) is 18.3. The first kappa shape index (κ1) is 22.2. The maximum absolute atomic E-state index is 12.9. The molecule has 1 fully saturated rings. The average molecular weight is 413 g/mol. The van der Waals surface area contributed by atoms with E-state index in [1.165, 1.54) is 0 Å². The number of carbonyl (C=O) groups excluding carboxylic acids is 1. The van der Waals surface area contributed by atoms with E-state index in [-0.39, 0.29) is 12.7 Å². The number of carbonyl (C=O) groups is 1. The highest BCUT2D eigenvalue weighted by molar-refractivity contribution is 5.86. The lowest BCUT2D eigenvalue weighted by Gasteiger charge is -2.29. The minimum Gasteiger partial charge on any atom is -0.443 e. The van der Waals surface area contributed by atoms with Crippen LogP contribution >= 0.6 is 0 Å². The molecule has 0 unspecified atom stereocenters. The third-order valence-electron chi connectivity index (χ3n) is 5.13. The SMILES string of the molecule is Cc1cccc(CN(C(=O)OC(C)(C)C)c2ccc([C@H]3CCO[C@H](CO)C3)cn2)c1. The molecular weight excluding hydrogens is 380 g/mol. The van der Waals surface area contributed by atoms with Gasteiger partial charge in [0.05, 0.1) is 19.3 Å². The second kappa shape index (κ2) is 9.58. The summed E-state index contributed by atoms with van der Waals surface area (Å²) in [4.78, 5) is 19.1. The summed E-state index contributed by atoms with van der Waals surface area (Å²) in [6.45, 7) is 8.65. The van der Waals surface area contributed by atoms with Crippen molar-refractivity contribution in [3.8, 4) is 0 Å². The third-order valence-corrected chi connectivity index (χ3v) is 5.13. The van der Waals surface area contributed by atoms with Crippen molar-refractivity contribution in [1.29, 1.82) is 0 Å². The number of benzene rings is 1. The van der Waals surface area contributed by atoms with Gasteiger partial charge in [0.1, 0.15) is 11.4 Å². The Morgan fingerprint density at radius 1 is 1.30 bits per heavy atom. The van der Waals surface area contributed by atoms with Gasteiger partial charge in [-0.25, -0.2) is 9.78 Å². The molecule has 0 saturated carbocycles. The molecule has 6 heteroatoms. The van der Waals surface area contributed by atoms with Crippen molar-refractivity contribution in [2.24, 2.45) is 0 Å². The van der Waals surface area contributed by atoms with E-state index in [1.54, 1.807) is 4.90 Å². The molecule has 2 aromatic rings. The Kier molecular flexibility index (Phi) is 7.10. The van der Waals surface area contributed by atoms with Gasteiger partial charge in [-0.1, -0.05) is 35.9 Å². The summed E-state index contributed by atoms with van der Waals surface area (Å²) < 4.78 is 11.2. The molecule has 0 aliphatic carbocycles. The highest BCUT2D eigenvalue weighted by Gasteiger charge is 2.26. The van der Waals surface area contributed by atoms with Crippen LogP contribution in [-0.2, 0) is 16.0 Å². The molecule has 1 N–H and O–H groups in total. The van der Waals surface area contributed by atoms with Crippen molar-refractivity contribution < 1.29 is 19.4 Å².